The number of amides is 1. The molecule has 1 saturated heterocycles. The number of alkyl halides is 1. The minimum absolute atomic E-state index is 0.0538. The van der Waals surface area contributed by atoms with Crippen LogP contribution in [0.4, 0.5) is 4.39 Å². The van der Waals surface area contributed by atoms with Gasteiger partial charge in [-0.1, -0.05) is 29.8 Å². The molecule has 9 heteroatoms. The minimum Gasteiger partial charge on any atom is -0.383 e. The van der Waals surface area contributed by atoms with Crippen LogP contribution >= 0.6 is 11.6 Å². The molecular formula is C26H30ClFN4O3. The normalized spacial score (nSPS) is 22.1. The van der Waals surface area contributed by atoms with Crippen molar-refractivity contribution in [3.8, 4) is 0 Å². The lowest BCUT2D eigenvalue weighted by molar-refractivity contribution is -0.133. The molecule has 0 radical (unpaired) electrons. The van der Waals surface area contributed by atoms with Crippen molar-refractivity contribution in [1.29, 1.82) is 0 Å². The highest BCUT2D eigenvalue weighted by Crippen LogP contribution is 2.37. The molecule has 186 valence electrons. The Morgan fingerprint density at radius 2 is 2.17 bits per heavy atom. The van der Waals surface area contributed by atoms with Gasteiger partial charge in [-0.25, -0.2) is 14.1 Å². The van der Waals surface area contributed by atoms with Gasteiger partial charge in [-0.05, 0) is 61.8 Å². The van der Waals surface area contributed by atoms with Crippen molar-refractivity contribution < 1.29 is 19.0 Å². The van der Waals surface area contributed by atoms with Gasteiger partial charge >= 0.3 is 0 Å². The summed E-state index contributed by atoms with van der Waals surface area (Å²) in [6.07, 6.45) is 6.79. The molecule has 3 aromatic rings. The van der Waals surface area contributed by atoms with E-state index in [0.29, 0.717) is 41.4 Å². The Morgan fingerprint density at radius 1 is 1.34 bits per heavy atom. The SMILES string of the molecule is C[C@H]1c2cccc(C(C)(O)CF)c2CCN1C(=O)Cc1c(Cl)cnc2c1cnn2C1CCCCO1. The zero-order chi connectivity index (χ0) is 24.7. The van der Waals surface area contributed by atoms with E-state index in [1.54, 1.807) is 23.1 Å². The van der Waals surface area contributed by atoms with Crippen molar-refractivity contribution in [2.45, 2.75) is 63.8 Å². The lowest BCUT2D eigenvalue weighted by Crippen LogP contribution is -2.41. The fourth-order valence-electron chi connectivity index (χ4n) is 5.37. The second kappa shape index (κ2) is 9.48. The first-order valence-electron chi connectivity index (χ1n) is 12.1. The van der Waals surface area contributed by atoms with Crippen LogP contribution in [0, 0.1) is 0 Å². The number of halogens is 2. The van der Waals surface area contributed by atoms with Crippen molar-refractivity contribution in [3.63, 3.8) is 0 Å². The van der Waals surface area contributed by atoms with Gasteiger partial charge in [0.15, 0.2) is 11.9 Å². The second-order valence-corrected chi connectivity index (χ2v) is 10.1. The highest BCUT2D eigenvalue weighted by Gasteiger charge is 2.34. The van der Waals surface area contributed by atoms with Crippen molar-refractivity contribution >= 4 is 28.5 Å². The third-order valence-corrected chi connectivity index (χ3v) is 7.66. The summed E-state index contributed by atoms with van der Waals surface area (Å²) < 4.78 is 21.2. The van der Waals surface area contributed by atoms with E-state index in [9.17, 15) is 14.3 Å². The van der Waals surface area contributed by atoms with Crippen LogP contribution in [-0.2, 0) is 28.0 Å². The van der Waals surface area contributed by atoms with E-state index in [0.717, 1.165) is 35.8 Å². The largest absolute Gasteiger partial charge is 0.383 e. The number of ether oxygens (including phenoxy) is 1. The third kappa shape index (κ3) is 4.32. The Balaban J connectivity index is 1.42. The molecule has 4 heterocycles. The first-order valence-corrected chi connectivity index (χ1v) is 12.5. The molecule has 7 nitrogen and oxygen atoms in total. The van der Waals surface area contributed by atoms with E-state index in [1.807, 2.05) is 24.0 Å². The van der Waals surface area contributed by atoms with E-state index < -0.39 is 12.3 Å². The number of benzene rings is 1. The molecule has 0 bridgehead atoms. The van der Waals surface area contributed by atoms with Crippen LogP contribution in [0.1, 0.15) is 67.6 Å². The van der Waals surface area contributed by atoms with Crippen molar-refractivity contribution in [3.05, 3.63) is 57.9 Å². The molecule has 3 atom stereocenters. The Hall–Kier alpha value is -2.55. The number of pyridine rings is 1. The predicted octanol–water partition coefficient (Wildman–Crippen LogP) is 4.65. The van der Waals surface area contributed by atoms with Gasteiger partial charge in [0, 0.05) is 24.7 Å². The summed E-state index contributed by atoms with van der Waals surface area (Å²) in [5.41, 5.74) is 2.27. The Morgan fingerprint density at radius 3 is 2.91 bits per heavy atom. The Kier molecular flexibility index (Phi) is 6.55. The third-order valence-electron chi connectivity index (χ3n) is 7.33. The first kappa shape index (κ1) is 24.2. The lowest BCUT2D eigenvalue weighted by Gasteiger charge is -2.38. The number of carbonyl (C=O) groups is 1. The summed E-state index contributed by atoms with van der Waals surface area (Å²) in [5.74, 6) is -0.0538. The molecule has 2 aliphatic heterocycles. The molecule has 0 aliphatic carbocycles. The fourth-order valence-corrected chi connectivity index (χ4v) is 5.59. The molecule has 2 aliphatic rings. The van der Waals surface area contributed by atoms with Gasteiger partial charge in [-0.15, -0.1) is 0 Å². The van der Waals surface area contributed by atoms with Gasteiger partial charge in [0.25, 0.3) is 0 Å². The van der Waals surface area contributed by atoms with Crippen LogP contribution in [0.15, 0.2) is 30.6 Å². The average Bonchev–Trinajstić information content (AvgIpc) is 3.30. The monoisotopic (exact) mass is 500 g/mol. The van der Waals surface area contributed by atoms with E-state index in [1.165, 1.54) is 6.92 Å². The molecule has 5 rings (SSSR count). The molecule has 1 aromatic carbocycles. The average molecular weight is 501 g/mol. The molecular weight excluding hydrogens is 471 g/mol. The van der Waals surface area contributed by atoms with Crippen LogP contribution < -0.4 is 0 Å². The summed E-state index contributed by atoms with van der Waals surface area (Å²) in [6, 6.07) is 5.32. The van der Waals surface area contributed by atoms with Crippen LogP contribution in [0.25, 0.3) is 11.0 Å². The molecule has 2 aromatic heterocycles. The number of nitrogens with zero attached hydrogens (tertiary/aromatic N) is 4. The van der Waals surface area contributed by atoms with Gasteiger partial charge < -0.3 is 14.7 Å². The van der Waals surface area contributed by atoms with E-state index in [2.05, 4.69) is 10.1 Å². The number of hydrogen-bond donors (Lipinski definition) is 1. The van der Waals surface area contributed by atoms with E-state index >= 15 is 0 Å². The van der Waals surface area contributed by atoms with Gasteiger partial charge in [-0.2, -0.15) is 5.10 Å². The van der Waals surface area contributed by atoms with Crippen LogP contribution in [0.3, 0.4) is 0 Å². The van der Waals surface area contributed by atoms with Crippen molar-refractivity contribution in [2.75, 3.05) is 19.8 Å². The summed E-state index contributed by atoms with van der Waals surface area (Å²) >= 11 is 6.52. The summed E-state index contributed by atoms with van der Waals surface area (Å²) in [4.78, 5) is 19.8. The Bertz CT molecular complexity index is 1250. The zero-order valence-corrected chi connectivity index (χ0v) is 20.8. The van der Waals surface area contributed by atoms with Crippen LogP contribution in [-0.4, -0.2) is 50.5 Å². The molecule has 1 fully saturated rings. The van der Waals surface area contributed by atoms with Gasteiger partial charge in [0.05, 0.1) is 23.7 Å². The molecule has 2 unspecified atom stereocenters. The number of fused-ring (bicyclic) bond motifs is 2. The maximum absolute atomic E-state index is 13.5. The first-order chi connectivity index (χ1) is 16.8. The van der Waals surface area contributed by atoms with Crippen LogP contribution in [0.5, 0.6) is 0 Å². The minimum atomic E-state index is -1.55. The molecule has 1 amide bonds. The zero-order valence-electron chi connectivity index (χ0n) is 20.0. The number of rotatable bonds is 5. The van der Waals surface area contributed by atoms with Crippen molar-refractivity contribution in [2.24, 2.45) is 0 Å². The number of aromatic nitrogens is 3. The lowest BCUT2D eigenvalue weighted by atomic mass is 9.83. The summed E-state index contributed by atoms with van der Waals surface area (Å²) in [7, 11) is 0. The van der Waals surface area contributed by atoms with E-state index in [4.69, 9.17) is 16.3 Å². The van der Waals surface area contributed by atoms with Gasteiger partial charge in [-0.3, -0.25) is 4.79 Å². The maximum Gasteiger partial charge on any atom is 0.227 e. The topological polar surface area (TPSA) is 80.5 Å². The highest BCUT2D eigenvalue weighted by molar-refractivity contribution is 6.32. The van der Waals surface area contributed by atoms with Gasteiger partial charge in [0.1, 0.15) is 12.3 Å². The highest BCUT2D eigenvalue weighted by atomic mass is 35.5. The second-order valence-electron chi connectivity index (χ2n) is 9.70. The van der Waals surface area contributed by atoms with Gasteiger partial charge in [0.2, 0.25) is 5.91 Å². The Labute approximate surface area is 208 Å². The number of aliphatic hydroxyl groups is 1. The number of carbonyl (C=O) groups excluding carboxylic acids is 1. The smallest absolute Gasteiger partial charge is 0.227 e. The fraction of sp³-hybridized carbons (Fsp3) is 0.500. The van der Waals surface area contributed by atoms with E-state index in [-0.39, 0.29) is 24.6 Å². The molecule has 1 N–H and O–H groups in total. The molecule has 0 saturated carbocycles. The quantitative estimate of drug-likeness (QED) is 0.551. The standard InChI is InChI=1S/C26H30ClFN4O3/c1-16-17-6-5-7-21(26(2,34)15-28)18(17)9-10-31(16)23(33)12-19-20-13-30-32(24-8-3-4-11-35-24)25(20)29-14-22(19)27/h5-7,13-14,16,24,34H,3-4,8-12,15H2,1-2H3/t16-,24?,26?/m0/s1. The van der Waals surface area contributed by atoms with Crippen LogP contribution in [0.2, 0.25) is 5.02 Å². The maximum atomic E-state index is 13.5. The molecule has 0 spiro atoms. The summed E-state index contributed by atoms with van der Waals surface area (Å²) in [5, 5.41) is 16.2. The summed E-state index contributed by atoms with van der Waals surface area (Å²) in [6.45, 7) is 3.76. The predicted molar refractivity (Wildman–Crippen MR) is 131 cm³/mol. The van der Waals surface area contributed by atoms with Crippen molar-refractivity contribution in [1.82, 2.24) is 19.7 Å². The number of hydrogen-bond acceptors (Lipinski definition) is 5. The molecule has 35 heavy (non-hydrogen) atoms.